The van der Waals surface area contributed by atoms with Crippen LogP contribution in [0.4, 0.5) is 0 Å². The molecule has 140 valence electrons. The van der Waals surface area contributed by atoms with Crippen LogP contribution in [0, 0.1) is 0 Å². The molecule has 0 saturated heterocycles. The van der Waals surface area contributed by atoms with Crippen molar-refractivity contribution < 1.29 is 0 Å². The number of imidazole rings is 1. The fraction of sp³-hybridized carbons (Fsp3) is 0.389. The van der Waals surface area contributed by atoms with Crippen LogP contribution >= 0.6 is 35.3 Å². The van der Waals surface area contributed by atoms with Gasteiger partial charge in [0, 0.05) is 30.6 Å². The summed E-state index contributed by atoms with van der Waals surface area (Å²) in [6.45, 7) is 6.40. The molecular formula is C18H25IN6S. The number of hydrogen-bond donors (Lipinski definition) is 3. The highest BCUT2D eigenvalue weighted by Gasteiger charge is 2.04. The molecule has 2 aromatic heterocycles. The van der Waals surface area contributed by atoms with Crippen LogP contribution in [-0.4, -0.2) is 34.0 Å². The Bertz CT molecular complexity index is 808. The first kappa shape index (κ1) is 20.6. The third-order valence-corrected chi connectivity index (χ3v) is 4.89. The molecule has 3 rings (SSSR count). The van der Waals surface area contributed by atoms with Gasteiger partial charge >= 0.3 is 0 Å². The number of aromatic nitrogens is 3. The van der Waals surface area contributed by atoms with Crippen molar-refractivity contribution in [3.05, 3.63) is 46.2 Å². The number of nitrogens with one attached hydrogen (secondary N) is 3. The average Bonchev–Trinajstić information content (AvgIpc) is 3.25. The summed E-state index contributed by atoms with van der Waals surface area (Å²) < 4.78 is 0. The summed E-state index contributed by atoms with van der Waals surface area (Å²) >= 11 is 1.73. The number of halogens is 1. The Balaban J connectivity index is 0.00000243. The van der Waals surface area contributed by atoms with Crippen LogP contribution in [-0.2, 0) is 19.4 Å². The normalized spacial score (nSPS) is 11.4. The third-order valence-electron chi connectivity index (χ3n) is 3.76. The lowest BCUT2D eigenvalue weighted by Gasteiger charge is -2.10. The van der Waals surface area contributed by atoms with Gasteiger partial charge in [0.25, 0.3) is 0 Å². The first-order valence-electron chi connectivity index (χ1n) is 8.68. The molecule has 0 atom stereocenters. The van der Waals surface area contributed by atoms with Gasteiger partial charge in [0.05, 0.1) is 17.6 Å². The minimum Gasteiger partial charge on any atom is -0.357 e. The van der Waals surface area contributed by atoms with E-state index >= 15 is 0 Å². The SMILES string of the molecule is CCNC(=NCc1ncc(CC)s1)NCCc1nc2ccccc2[nH]1.I. The topological polar surface area (TPSA) is 78.0 Å². The minimum atomic E-state index is 0. The smallest absolute Gasteiger partial charge is 0.191 e. The molecule has 26 heavy (non-hydrogen) atoms. The molecule has 0 amide bonds. The van der Waals surface area contributed by atoms with Crippen molar-refractivity contribution in [3.63, 3.8) is 0 Å². The van der Waals surface area contributed by atoms with Crippen LogP contribution in [0.1, 0.15) is 29.6 Å². The summed E-state index contributed by atoms with van der Waals surface area (Å²) in [4.78, 5) is 18.3. The molecule has 0 fully saturated rings. The molecule has 0 saturated carbocycles. The van der Waals surface area contributed by atoms with Crippen LogP contribution in [0.3, 0.4) is 0 Å². The number of aromatic amines is 1. The van der Waals surface area contributed by atoms with E-state index in [1.54, 1.807) is 11.3 Å². The highest BCUT2D eigenvalue weighted by molar-refractivity contribution is 14.0. The Hall–Kier alpha value is -1.68. The van der Waals surface area contributed by atoms with Gasteiger partial charge in [0.1, 0.15) is 10.8 Å². The van der Waals surface area contributed by atoms with Crippen LogP contribution in [0.2, 0.25) is 0 Å². The van der Waals surface area contributed by atoms with E-state index in [-0.39, 0.29) is 24.0 Å². The number of hydrogen-bond acceptors (Lipinski definition) is 4. The fourth-order valence-corrected chi connectivity index (χ4v) is 3.28. The monoisotopic (exact) mass is 484 g/mol. The molecule has 0 aliphatic carbocycles. The summed E-state index contributed by atoms with van der Waals surface area (Å²) in [5, 5.41) is 7.68. The fourth-order valence-electron chi connectivity index (χ4n) is 2.50. The van der Waals surface area contributed by atoms with E-state index in [1.807, 2.05) is 30.5 Å². The second kappa shape index (κ2) is 10.5. The Morgan fingerprint density at radius 3 is 2.81 bits per heavy atom. The van der Waals surface area contributed by atoms with Crippen LogP contribution in [0.15, 0.2) is 35.5 Å². The number of guanidine groups is 1. The van der Waals surface area contributed by atoms with Crippen molar-refractivity contribution in [3.8, 4) is 0 Å². The van der Waals surface area contributed by atoms with E-state index in [0.29, 0.717) is 6.54 Å². The molecule has 1 aromatic carbocycles. The number of thiazole rings is 1. The zero-order chi connectivity index (χ0) is 17.5. The van der Waals surface area contributed by atoms with Crippen molar-refractivity contribution in [2.75, 3.05) is 13.1 Å². The highest BCUT2D eigenvalue weighted by atomic mass is 127. The Labute approximate surface area is 175 Å². The van der Waals surface area contributed by atoms with Crippen molar-refractivity contribution in [1.82, 2.24) is 25.6 Å². The van der Waals surface area contributed by atoms with E-state index in [9.17, 15) is 0 Å². The maximum absolute atomic E-state index is 4.62. The number of H-pyrrole nitrogens is 1. The maximum atomic E-state index is 4.62. The molecule has 8 heteroatoms. The minimum absolute atomic E-state index is 0. The Morgan fingerprint density at radius 2 is 2.08 bits per heavy atom. The van der Waals surface area contributed by atoms with Gasteiger partial charge in [-0.05, 0) is 25.5 Å². The predicted octanol–water partition coefficient (Wildman–Crippen LogP) is 3.50. The number of fused-ring (bicyclic) bond motifs is 1. The second-order valence-corrected chi connectivity index (χ2v) is 6.85. The van der Waals surface area contributed by atoms with Gasteiger partial charge in [-0.1, -0.05) is 19.1 Å². The number of aryl methyl sites for hydroxylation is 1. The van der Waals surface area contributed by atoms with Crippen molar-refractivity contribution in [1.29, 1.82) is 0 Å². The average molecular weight is 484 g/mol. The van der Waals surface area contributed by atoms with Crippen LogP contribution in [0.25, 0.3) is 11.0 Å². The standard InChI is InChI=1S/C18H24N6S.HI/c1-3-13-11-21-17(25-13)12-22-18(19-4-2)20-10-9-16-23-14-7-5-6-8-15(14)24-16;/h5-8,11H,3-4,9-10,12H2,1-2H3,(H,23,24)(H2,19,20,22);1H. The first-order valence-corrected chi connectivity index (χ1v) is 9.49. The van der Waals surface area contributed by atoms with E-state index in [4.69, 9.17) is 0 Å². The molecule has 6 nitrogen and oxygen atoms in total. The van der Waals surface area contributed by atoms with Crippen molar-refractivity contribution in [2.45, 2.75) is 33.2 Å². The number of aliphatic imine (C=N–C) groups is 1. The van der Waals surface area contributed by atoms with E-state index < -0.39 is 0 Å². The quantitative estimate of drug-likeness (QED) is 0.273. The lowest BCUT2D eigenvalue weighted by molar-refractivity contribution is 0.779. The van der Waals surface area contributed by atoms with Crippen LogP contribution in [0.5, 0.6) is 0 Å². The number of rotatable bonds is 7. The van der Waals surface area contributed by atoms with Gasteiger partial charge in [-0.25, -0.2) is 15.0 Å². The summed E-state index contributed by atoms with van der Waals surface area (Å²) in [7, 11) is 0. The van der Waals surface area contributed by atoms with Gasteiger partial charge < -0.3 is 15.6 Å². The molecule has 3 N–H and O–H groups in total. The molecule has 0 spiro atoms. The van der Waals surface area contributed by atoms with Gasteiger partial charge in [0.15, 0.2) is 5.96 Å². The zero-order valence-corrected chi connectivity index (χ0v) is 18.2. The third kappa shape index (κ3) is 5.66. The molecule has 0 bridgehead atoms. The lowest BCUT2D eigenvalue weighted by atomic mass is 10.3. The van der Waals surface area contributed by atoms with Gasteiger partial charge in [-0.3, -0.25) is 0 Å². The van der Waals surface area contributed by atoms with Gasteiger partial charge in [-0.15, -0.1) is 35.3 Å². The van der Waals surface area contributed by atoms with Gasteiger partial charge in [-0.2, -0.15) is 0 Å². The van der Waals surface area contributed by atoms with Crippen molar-refractivity contribution >= 4 is 52.3 Å². The second-order valence-electron chi connectivity index (χ2n) is 5.65. The lowest BCUT2D eigenvalue weighted by Crippen LogP contribution is -2.38. The predicted molar refractivity (Wildman–Crippen MR) is 120 cm³/mol. The van der Waals surface area contributed by atoms with Crippen molar-refractivity contribution in [2.24, 2.45) is 4.99 Å². The maximum Gasteiger partial charge on any atom is 0.191 e. The summed E-state index contributed by atoms with van der Waals surface area (Å²) in [6.07, 6.45) is 3.78. The summed E-state index contributed by atoms with van der Waals surface area (Å²) in [5.74, 6) is 1.80. The largest absolute Gasteiger partial charge is 0.357 e. The first-order chi connectivity index (χ1) is 12.3. The molecule has 0 aliphatic rings. The summed E-state index contributed by atoms with van der Waals surface area (Å²) in [6, 6.07) is 8.08. The zero-order valence-electron chi connectivity index (χ0n) is 15.1. The Kier molecular flexibility index (Phi) is 8.30. The molecular weight excluding hydrogens is 459 g/mol. The molecule has 3 aromatic rings. The number of benzene rings is 1. The summed E-state index contributed by atoms with van der Waals surface area (Å²) in [5.41, 5.74) is 2.09. The molecule has 2 heterocycles. The molecule has 0 radical (unpaired) electrons. The van der Waals surface area contributed by atoms with E-state index in [2.05, 4.69) is 44.4 Å². The van der Waals surface area contributed by atoms with Crippen LogP contribution < -0.4 is 10.6 Å². The number of nitrogens with zero attached hydrogens (tertiary/aromatic N) is 3. The number of para-hydroxylation sites is 2. The Morgan fingerprint density at radius 1 is 1.23 bits per heavy atom. The van der Waals surface area contributed by atoms with E-state index in [0.717, 1.165) is 53.8 Å². The van der Waals surface area contributed by atoms with E-state index in [1.165, 1.54) is 4.88 Å². The highest BCUT2D eigenvalue weighted by Crippen LogP contribution is 2.14. The molecule has 0 aliphatic heterocycles. The molecule has 0 unspecified atom stereocenters. The van der Waals surface area contributed by atoms with Gasteiger partial charge in [0.2, 0.25) is 0 Å².